The maximum atomic E-state index is 9.64. The zero-order valence-electron chi connectivity index (χ0n) is 8.62. The molecule has 5 N–H and O–H groups in total. The first-order valence-corrected chi connectivity index (χ1v) is 5.88. The first-order chi connectivity index (χ1) is 7.15. The van der Waals surface area contributed by atoms with Gasteiger partial charge in [-0.15, -0.1) is 0 Å². The summed E-state index contributed by atoms with van der Waals surface area (Å²) >= 11 is 3.36. The number of phenolic OH excluding ortho intramolecular Hbond substituents is 1. The lowest BCUT2D eigenvalue weighted by Gasteiger charge is -2.13. The first-order valence-electron chi connectivity index (χ1n) is 5.09. The average molecular weight is 273 g/mol. The molecule has 0 bridgehead atoms. The fourth-order valence-corrected chi connectivity index (χ4v) is 1.87. The Balaban J connectivity index is 2.64. The van der Waals surface area contributed by atoms with Crippen LogP contribution in [0.5, 0.6) is 5.75 Å². The molecular weight excluding hydrogens is 256 g/mol. The lowest BCUT2D eigenvalue weighted by molar-refractivity contribution is 0.456. The molecule has 0 aliphatic rings. The number of nitrogens with two attached hydrogens (primary N) is 2. The van der Waals surface area contributed by atoms with Crippen LogP contribution in [0.15, 0.2) is 22.7 Å². The molecule has 0 radical (unpaired) electrons. The Morgan fingerprint density at radius 3 is 2.73 bits per heavy atom. The van der Waals surface area contributed by atoms with E-state index in [0.29, 0.717) is 6.54 Å². The van der Waals surface area contributed by atoms with Gasteiger partial charge in [0.2, 0.25) is 0 Å². The highest BCUT2D eigenvalue weighted by atomic mass is 79.9. The van der Waals surface area contributed by atoms with Crippen molar-refractivity contribution in [3.05, 3.63) is 28.2 Å². The van der Waals surface area contributed by atoms with E-state index in [0.717, 1.165) is 29.3 Å². The van der Waals surface area contributed by atoms with Gasteiger partial charge in [0, 0.05) is 16.1 Å². The Bertz CT molecular complexity index is 317. The normalized spacial score (nSPS) is 12.7. The van der Waals surface area contributed by atoms with Gasteiger partial charge in [0.15, 0.2) is 0 Å². The summed E-state index contributed by atoms with van der Waals surface area (Å²) in [5.74, 6) is 0.262. The quantitative estimate of drug-likeness (QED) is 0.721. The number of hydrogen-bond acceptors (Lipinski definition) is 3. The van der Waals surface area contributed by atoms with Crippen molar-refractivity contribution in [3.63, 3.8) is 0 Å². The first kappa shape index (κ1) is 12.5. The Hall–Kier alpha value is -0.580. The molecule has 0 spiro atoms. The summed E-state index contributed by atoms with van der Waals surface area (Å²) in [6, 6.07) is 5.20. The van der Waals surface area contributed by atoms with Gasteiger partial charge in [-0.2, -0.15) is 0 Å². The van der Waals surface area contributed by atoms with Crippen molar-refractivity contribution in [3.8, 4) is 5.75 Å². The SMILES string of the molecule is NCCCC[C@@H](N)c1cc(Br)ccc1O. The van der Waals surface area contributed by atoms with Crippen LogP contribution in [-0.2, 0) is 0 Å². The van der Waals surface area contributed by atoms with Crippen LogP contribution in [0.2, 0.25) is 0 Å². The van der Waals surface area contributed by atoms with Crippen LogP contribution in [0, 0.1) is 0 Å². The Kier molecular flexibility index (Phi) is 5.08. The Morgan fingerprint density at radius 2 is 2.07 bits per heavy atom. The second kappa shape index (κ2) is 6.10. The van der Waals surface area contributed by atoms with Crippen molar-refractivity contribution in [2.45, 2.75) is 25.3 Å². The van der Waals surface area contributed by atoms with Crippen LogP contribution < -0.4 is 11.5 Å². The molecule has 0 aliphatic heterocycles. The highest BCUT2D eigenvalue weighted by Gasteiger charge is 2.10. The molecule has 15 heavy (non-hydrogen) atoms. The van der Waals surface area contributed by atoms with Crippen LogP contribution in [0.1, 0.15) is 30.9 Å². The smallest absolute Gasteiger partial charge is 0.120 e. The van der Waals surface area contributed by atoms with Crippen molar-refractivity contribution >= 4 is 15.9 Å². The van der Waals surface area contributed by atoms with Crippen molar-refractivity contribution in [2.75, 3.05) is 6.54 Å². The van der Waals surface area contributed by atoms with Crippen LogP contribution >= 0.6 is 15.9 Å². The van der Waals surface area contributed by atoms with Crippen LogP contribution in [0.25, 0.3) is 0 Å². The van der Waals surface area contributed by atoms with Gasteiger partial charge in [-0.1, -0.05) is 22.4 Å². The molecule has 0 unspecified atom stereocenters. The number of aromatic hydroxyl groups is 1. The van der Waals surface area contributed by atoms with Gasteiger partial charge in [-0.3, -0.25) is 0 Å². The number of halogens is 1. The minimum absolute atomic E-state index is 0.117. The lowest BCUT2D eigenvalue weighted by Crippen LogP contribution is -2.11. The van der Waals surface area contributed by atoms with Crippen LogP contribution in [0.4, 0.5) is 0 Å². The predicted octanol–water partition coefficient (Wildman–Crippen LogP) is 2.28. The molecule has 84 valence electrons. The van der Waals surface area contributed by atoms with Gasteiger partial charge in [0.05, 0.1) is 0 Å². The van der Waals surface area contributed by atoms with Gasteiger partial charge in [-0.25, -0.2) is 0 Å². The standard InChI is InChI=1S/C11H17BrN2O/c12-8-4-5-11(15)9(7-8)10(14)3-1-2-6-13/h4-5,7,10,15H,1-3,6,13-14H2/t10-/m1/s1. The minimum atomic E-state index is -0.117. The van der Waals surface area contributed by atoms with E-state index in [4.69, 9.17) is 11.5 Å². The van der Waals surface area contributed by atoms with Crippen LogP contribution in [-0.4, -0.2) is 11.7 Å². The van der Waals surface area contributed by atoms with Gasteiger partial charge in [-0.05, 0) is 37.6 Å². The monoisotopic (exact) mass is 272 g/mol. The summed E-state index contributed by atoms with van der Waals surface area (Å²) < 4.78 is 0.935. The average Bonchev–Trinajstić information content (AvgIpc) is 2.22. The molecule has 4 heteroatoms. The maximum absolute atomic E-state index is 9.64. The fourth-order valence-electron chi connectivity index (χ4n) is 1.49. The highest BCUT2D eigenvalue weighted by Crippen LogP contribution is 2.28. The van der Waals surface area contributed by atoms with Gasteiger partial charge in [0.1, 0.15) is 5.75 Å². The molecule has 3 nitrogen and oxygen atoms in total. The van der Waals surface area contributed by atoms with E-state index in [1.54, 1.807) is 12.1 Å². The number of hydrogen-bond donors (Lipinski definition) is 3. The fraction of sp³-hybridized carbons (Fsp3) is 0.455. The Labute approximate surface area is 98.6 Å². The predicted molar refractivity (Wildman–Crippen MR) is 65.6 cm³/mol. The molecule has 1 aromatic rings. The molecule has 1 rings (SSSR count). The zero-order chi connectivity index (χ0) is 11.3. The molecule has 0 aliphatic carbocycles. The number of unbranched alkanes of at least 4 members (excludes halogenated alkanes) is 1. The third kappa shape index (κ3) is 3.81. The maximum Gasteiger partial charge on any atom is 0.120 e. The number of benzene rings is 1. The third-order valence-electron chi connectivity index (χ3n) is 2.36. The van der Waals surface area contributed by atoms with E-state index >= 15 is 0 Å². The second-order valence-electron chi connectivity index (χ2n) is 3.59. The van der Waals surface area contributed by atoms with Crippen molar-refractivity contribution in [1.29, 1.82) is 0 Å². The van der Waals surface area contributed by atoms with Crippen molar-refractivity contribution in [2.24, 2.45) is 11.5 Å². The van der Waals surface area contributed by atoms with Gasteiger partial charge in [0.25, 0.3) is 0 Å². The third-order valence-corrected chi connectivity index (χ3v) is 2.85. The summed E-state index contributed by atoms with van der Waals surface area (Å²) in [6.07, 6.45) is 2.81. The molecular formula is C11H17BrN2O. The minimum Gasteiger partial charge on any atom is -0.508 e. The molecule has 0 fully saturated rings. The Morgan fingerprint density at radius 1 is 1.33 bits per heavy atom. The summed E-state index contributed by atoms with van der Waals surface area (Å²) in [4.78, 5) is 0. The largest absolute Gasteiger partial charge is 0.508 e. The summed E-state index contributed by atoms with van der Waals surface area (Å²) in [5.41, 5.74) is 12.2. The van der Waals surface area contributed by atoms with Crippen molar-refractivity contribution < 1.29 is 5.11 Å². The van der Waals surface area contributed by atoms with E-state index in [1.807, 2.05) is 6.07 Å². The lowest BCUT2D eigenvalue weighted by atomic mass is 10.0. The van der Waals surface area contributed by atoms with Crippen LogP contribution in [0.3, 0.4) is 0 Å². The summed E-state index contributed by atoms with van der Waals surface area (Å²) in [5, 5.41) is 9.64. The molecule has 1 aromatic carbocycles. The van der Waals surface area contributed by atoms with E-state index in [-0.39, 0.29) is 11.8 Å². The van der Waals surface area contributed by atoms with Gasteiger partial charge < -0.3 is 16.6 Å². The highest BCUT2D eigenvalue weighted by molar-refractivity contribution is 9.10. The van der Waals surface area contributed by atoms with E-state index in [1.165, 1.54) is 0 Å². The number of rotatable bonds is 5. The van der Waals surface area contributed by atoms with E-state index in [2.05, 4.69) is 15.9 Å². The van der Waals surface area contributed by atoms with Crippen molar-refractivity contribution in [1.82, 2.24) is 0 Å². The van der Waals surface area contributed by atoms with E-state index in [9.17, 15) is 5.11 Å². The summed E-state index contributed by atoms with van der Waals surface area (Å²) in [7, 11) is 0. The molecule has 0 saturated heterocycles. The topological polar surface area (TPSA) is 72.3 Å². The van der Waals surface area contributed by atoms with E-state index < -0.39 is 0 Å². The molecule has 0 heterocycles. The van der Waals surface area contributed by atoms with Gasteiger partial charge >= 0.3 is 0 Å². The summed E-state index contributed by atoms with van der Waals surface area (Å²) in [6.45, 7) is 0.692. The number of phenols is 1. The molecule has 1 atom stereocenters. The molecule has 0 amide bonds. The second-order valence-corrected chi connectivity index (χ2v) is 4.51. The molecule has 0 aromatic heterocycles. The zero-order valence-corrected chi connectivity index (χ0v) is 10.2. The molecule has 0 saturated carbocycles.